The molecule has 1 fully saturated rings. The molecule has 0 spiro atoms. The summed E-state index contributed by atoms with van der Waals surface area (Å²) in [6.07, 6.45) is 2.57. The molecule has 0 heterocycles. The molecule has 0 bridgehead atoms. The predicted octanol–water partition coefficient (Wildman–Crippen LogP) is 5.42. The molecule has 2 heteroatoms. The first-order valence-electron chi connectivity index (χ1n) is 8.37. The lowest BCUT2D eigenvalue weighted by atomic mass is 9.87. The summed E-state index contributed by atoms with van der Waals surface area (Å²) < 4.78 is 0. The highest BCUT2D eigenvalue weighted by Gasteiger charge is 2.24. The Balaban J connectivity index is 1.73. The van der Waals surface area contributed by atoms with Gasteiger partial charge in [-0.05, 0) is 66.0 Å². The number of benzene rings is 2. The lowest BCUT2D eigenvalue weighted by molar-refractivity contribution is 0.102. The molecule has 3 rings (SSSR count). The molecule has 120 valence electrons. The molecular formula is C21H25NO. The van der Waals surface area contributed by atoms with Gasteiger partial charge in [-0.15, -0.1) is 0 Å². The van der Waals surface area contributed by atoms with Crippen LogP contribution in [0.5, 0.6) is 0 Å². The highest BCUT2D eigenvalue weighted by atomic mass is 16.1. The number of rotatable bonds is 3. The normalized spacial score (nSPS) is 14.6. The lowest BCUT2D eigenvalue weighted by Crippen LogP contribution is -2.14. The second-order valence-electron chi connectivity index (χ2n) is 7.63. The second kappa shape index (κ2) is 5.84. The van der Waals surface area contributed by atoms with Gasteiger partial charge in [0.05, 0.1) is 0 Å². The smallest absolute Gasteiger partial charge is 0.255 e. The first kappa shape index (κ1) is 15.8. The minimum Gasteiger partial charge on any atom is -0.322 e. The van der Waals surface area contributed by atoms with Crippen molar-refractivity contribution in [3.63, 3.8) is 0 Å². The van der Waals surface area contributed by atoms with Crippen LogP contribution in [-0.2, 0) is 5.41 Å². The first-order chi connectivity index (χ1) is 10.8. The van der Waals surface area contributed by atoms with E-state index in [2.05, 4.69) is 50.4 Å². The number of anilines is 1. The fraction of sp³-hybridized carbons (Fsp3) is 0.381. The number of hydrogen-bond acceptors (Lipinski definition) is 1. The van der Waals surface area contributed by atoms with E-state index in [1.807, 2.05) is 25.1 Å². The topological polar surface area (TPSA) is 29.1 Å². The molecule has 0 saturated heterocycles. The molecule has 0 aliphatic heterocycles. The van der Waals surface area contributed by atoms with Gasteiger partial charge in [-0.25, -0.2) is 0 Å². The van der Waals surface area contributed by atoms with Gasteiger partial charge in [0.25, 0.3) is 5.91 Å². The lowest BCUT2D eigenvalue weighted by Gasteiger charge is -2.19. The molecule has 1 amide bonds. The van der Waals surface area contributed by atoms with Crippen molar-refractivity contribution in [2.45, 2.75) is 51.9 Å². The van der Waals surface area contributed by atoms with Crippen LogP contribution in [0.25, 0.3) is 0 Å². The summed E-state index contributed by atoms with van der Waals surface area (Å²) in [5.41, 5.74) is 5.41. The van der Waals surface area contributed by atoms with Crippen LogP contribution in [0.15, 0.2) is 42.5 Å². The monoisotopic (exact) mass is 307 g/mol. The Morgan fingerprint density at radius 1 is 1.04 bits per heavy atom. The van der Waals surface area contributed by atoms with Crippen molar-refractivity contribution in [1.82, 2.24) is 0 Å². The summed E-state index contributed by atoms with van der Waals surface area (Å²) >= 11 is 0. The quantitative estimate of drug-likeness (QED) is 0.805. The molecule has 0 aromatic heterocycles. The van der Waals surface area contributed by atoms with Gasteiger partial charge in [0.2, 0.25) is 0 Å². The Labute approximate surface area is 138 Å². The Morgan fingerprint density at radius 2 is 1.70 bits per heavy atom. The van der Waals surface area contributed by atoms with Gasteiger partial charge in [0, 0.05) is 11.3 Å². The maximum atomic E-state index is 12.5. The van der Waals surface area contributed by atoms with Crippen molar-refractivity contribution < 1.29 is 4.79 Å². The summed E-state index contributed by atoms with van der Waals surface area (Å²) in [5.74, 6) is 0.684. The van der Waals surface area contributed by atoms with Crippen LogP contribution in [0.4, 0.5) is 5.69 Å². The molecule has 1 N–H and O–H groups in total. The fourth-order valence-electron chi connectivity index (χ4n) is 2.86. The number of amides is 1. The van der Waals surface area contributed by atoms with Crippen molar-refractivity contribution in [2.75, 3.05) is 5.32 Å². The largest absolute Gasteiger partial charge is 0.322 e. The summed E-state index contributed by atoms with van der Waals surface area (Å²) in [4.78, 5) is 12.5. The second-order valence-corrected chi connectivity index (χ2v) is 7.63. The molecule has 1 aliphatic rings. The van der Waals surface area contributed by atoms with Gasteiger partial charge < -0.3 is 5.32 Å². The summed E-state index contributed by atoms with van der Waals surface area (Å²) in [6.45, 7) is 8.58. The van der Waals surface area contributed by atoms with Crippen LogP contribution >= 0.6 is 0 Å². The molecule has 2 nitrogen and oxygen atoms in total. The minimum absolute atomic E-state index is 0.0339. The van der Waals surface area contributed by atoms with Gasteiger partial charge >= 0.3 is 0 Å². The van der Waals surface area contributed by atoms with Crippen molar-refractivity contribution in [3.8, 4) is 0 Å². The standard InChI is InChI=1S/C21H25NO/c1-14-13-16(15-5-6-15)7-12-19(14)20(23)22-18-10-8-17(9-11-18)21(2,3)4/h7-13,15H,5-6H2,1-4H3,(H,22,23). The van der Waals surface area contributed by atoms with Crippen molar-refractivity contribution in [3.05, 3.63) is 64.7 Å². The van der Waals surface area contributed by atoms with Crippen LogP contribution in [0.1, 0.15) is 66.6 Å². The van der Waals surface area contributed by atoms with E-state index in [-0.39, 0.29) is 11.3 Å². The molecule has 0 atom stereocenters. The maximum Gasteiger partial charge on any atom is 0.255 e. The Hall–Kier alpha value is -2.09. The number of carbonyl (C=O) groups excluding carboxylic acids is 1. The van der Waals surface area contributed by atoms with Gasteiger partial charge in [0.15, 0.2) is 0 Å². The van der Waals surface area contributed by atoms with E-state index < -0.39 is 0 Å². The Kier molecular flexibility index (Phi) is 4.01. The fourth-order valence-corrected chi connectivity index (χ4v) is 2.86. The molecular weight excluding hydrogens is 282 g/mol. The third-order valence-corrected chi connectivity index (χ3v) is 4.55. The van der Waals surface area contributed by atoms with E-state index in [1.165, 1.54) is 24.0 Å². The predicted molar refractivity (Wildman–Crippen MR) is 96.2 cm³/mol. The van der Waals surface area contributed by atoms with Gasteiger partial charge in [-0.2, -0.15) is 0 Å². The third-order valence-electron chi connectivity index (χ3n) is 4.55. The Morgan fingerprint density at radius 3 is 2.22 bits per heavy atom. The van der Waals surface area contributed by atoms with Gasteiger partial charge in [-0.1, -0.05) is 45.0 Å². The zero-order valence-corrected chi connectivity index (χ0v) is 14.4. The minimum atomic E-state index is -0.0339. The number of hydrogen-bond donors (Lipinski definition) is 1. The van der Waals surface area contributed by atoms with Crippen LogP contribution < -0.4 is 5.32 Å². The molecule has 23 heavy (non-hydrogen) atoms. The van der Waals surface area contributed by atoms with E-state index in [9.17, 15) is 4.79 Å². The molecule has 1 saturated carbocycles. The summed E-state index contributed by atoms with van der Waals surface area (Å²) in [6, 6.07) is 14.3. The first-order valence-corrected chi connectivity index (χ1v) is 8.37. The van der Waals surface area contributed by atoms with Gasteiger partial charge in [-0.3, -0.25) is 4.79 Å². The van der Waals surface area contributed by atoms with E-state index in [1.54, 1.807) is 0 Å². The van der Waals surface area contributed by atoms with E-state index in [0.717, 1.165) is 22.7 Å². The third kappa shape index (κ3) is 3.64. The summed E-state index contributed by atoms with van der Waals surface area (Å²) in [5, 5.41) is 3.00. The van der Waals surface area contributed by atoms with Crippen molar-refractivity contribution >= 4 is 11.6 Å². The Bertz CT molecular complexity index is 718. The van der Waals surface area contributed by atoms with Crippen molar-refractivity contribution in [1.29, 1.82) is 0 Å². The average Bonchev–Trinajstić information content (AvgIpc) is 3.31. The maximum absolute atomic E-state index is 12.5. The number of aryl methyl sites for hydroxylation is 1. The van der Waals surface area contributed by atoms with E-state index in [0.29, 0.717) is 0 Å². The zero-order chi connectivity index (χ0) is 16.6. The van der Waals surface area contributed by atoms with Crippen LogP contribution in [0, 0.1) is 6.92 Å². The SMILES string of the molecule is Cc1cc(C2CC2)ccc1C(=O)Nc1ccc(C(C)(C)C)cc1. The zero-order valence-electron chi connectivity index (χ0n) is 14.4. The van der Waals surface area contributed by atoms with Crippen LogP contribution in [0.2, 0.25) is 0 Å². The number of carbonyl (C=O) groups is 1. The number of nitrogens with one attached hydrogen (secondary N) is 1. The molecule has 0 radical (unpaired) electrons. The molecule has 2 aromatic rings. The summed E-state index contributed by atoms with van der Waals surface area (Å²) in [7, 11) is 0. The molecule has 0 unspecified atom stereocenters. The van der Waals surface area contributed by atoms with E-state index >= 15 is 0 Å². The van der Waals surface area contributed by atoms with E-state index in [4.69, 9.17) is 0 Å². The van der Waals surface area contributed by atoms with Crippen molar-refractivity contribution in [2.24, 2.45) is 0 Å². The van der Waals surface area contributed by atoms with Crippen LogP contribution in [-0.4, -0.2) is 5.91 Å². The van der Waals surface area contributed by atoms with Gasteiger partial charge in [0.1, 0.15) is 0 Å². The highest BCUT2D eigenvalue weighted by Crippen LogP contribution is 2.40. The highest BCUT2D eigenvalue weighted by molar-refractivity contribution is 6.05. The van der Waals surface area contributed by atoms with Crippen LogP contribution in [0.3, 0.4) is 0 Å². The average molecular weight is 307 g/mol. The molecule has 1 aliphatic carbocycles. The molecule has 2 aromatic carbocycles.